The largest absolute Gasteiger partial charge is 0.416 e. The van der Waals surface area contributed by atoms with Crippen LogP contribution in [0.1, 0.15) is 28.8 Å². The van der Waals surface area contributed by atoms with E-state index in [1.54, 1.807) is 0 Å². The zero-order valence-electron chi connectivity index (χ0n) is 13.8. The molecule has 1 aliphatic rings. The maximum atomic E-state index is 12.7. The number of amides is 1. The number of nitrogens with zero attached hydrogens (tertiary/aromatic N) is 1. The van der Waals surface area contributed by atoms with Crippen molar-refractivity contribution in [1.29, 1.82) is 0 Å². The maximum Gasteiger partial charge on any atom is 0.416 e. The van der Waals surface area contributed by atoms with Crippen molar-refractivity contribution in [2.75, 3.05) is 31.8 Å². The molecule has 1 aliphatic heterocycles. The second kappa shape index (κ2) is 7.74. The van der Waals surface area contributed by atoms with E-state index in [9.17, 15) is 26.4 Å². The van der Waals surface area contributed by atoms with Crippen LogP contribution in [-0.2, 0) is 20.8 Å². The van der Waals surface area contributed by atoms with Crippen molar-refractivity contribution in [3.8, 4) is 0 Å². The predicted molar refractivity (Wildman–Crippen MR) is 86.0 cm³/mol. The van der Waals surface area contributed by atoms with Crippen LogP contribution in [0.2, 0.25) is 0 Å². The number of hydrogen-bond donors (Lipinski definition) is 0. The molecule has 1 atom stereocenters. The Labute approximate surface area is 144 Å². The molecular formula is C16H20F3NO4S. The first kappa shape index (κ1) is 19.7. The molecule has 5 nitrogen and oxygen atoms in total. The standard InChI is InChI=1S/C16H20F3NO4S/c1-24-9-2-8-20(14-7-10-25(22,23)11-14)15(21)12-3-5-13(6-4-12)16(17,18)19/h3-6,14H,2,7-11H2,1H3. The minimum absolute atomic E-state index is 0.0126. The van der Waals surface area contributed by atoms with Crippen LogP contribution in [0, 0.1) is 0 Å². The summed E-state index contributed by atoms with van der Waals surface area (Å²) in [6.07, 6.45) is -3.62. The first-order chi connectivity index (χ1) is 11.6. The van der Waals surface area contributed by atoms with Crippen LogP contribution in [-0.4, -0.2) is 57.0 Å². The lowest BCUT2D eigenvalue weighted by Crippen LogP contribution is -2.42. The Hall–Kier alpha value is -1.61. The van der Waals surface area contributed by atoms with Gasteiger partial charge in [-0.25, -0.2) is 8.42 Å². The van der Waals surface area contributed by atoms with E-state index in [4.69, 9.17) is 4.74 Å². The van der Waals surface area contributed by atoms with Crippen molar-refractivity contribution in [2.45, 2.75) is 25.1 Å². The molecule has 1 fully saturated rings. The smallest absolute Gasteiger partial charge is 0.385 e. The lowest BCUT2D eigenvalue weighted by molar-refractivity contribution is -0.137. The summed E-state index contributed by atoms with van der Waals surface area (Å²) in [5.41, 5.74) is -0.729. The Morgan fingerprint density at radius 2 is 1.92 bits per heavy atom. The van der Waals surface area contributed by atoms with Crippen LogP contribution < -0.4 is 0 Å². The fourth-order valence-electron chi connectivity index (χ4n) is 2.82. The number of methoxy groups -OCH3 is 1. The highest BCUT2D eigenvalue weighted by Crippen LogP contribution is 2.29. The average Bonchev–Trinajstić information content (AvgIpc) is 2.90. The third kappa shape index (κ3) is 5.18. The van der Waals surface area contributed by atoms with E-state index in [0.29, 0.717) is 19.4 Å². The number of carbonyl (C=O) groups excluding carboxylic acids is 1. The molecule has 1 heterocycles. The van der Waals surface area contributed by atoms with Crippen LogP contribution in [0.3, 0.4) is 0 Å². The molecule has 1 saturated heterocycles. The van der Waals surface area contributed by atoms with Crippen molar-refractivity contribution >= 4 is 15.7 Å². The van der Waals surface area contributed by atoms with E-state index in [-0.39, 0.29) is 23.6 Å². The van der Waals surface area contributed by atoms with Gasteiger partial charge in [0.2, 0.25) is 0 Å². The third-order valence-electron chi connectivity index (χ3n) is 4.12. The van der Waals surface area contributed by atoms with Crippen molar-refractivity contribution in [2.24, 2.45) is 0 Å². The molecular weight excluding hydrogens is 359 g/mol. The summed E-state index contributed by atoms with van der Waals surface area (Å²) in [7, 11) is -1.67. The molecule has 0 N–H and O–H groups in total. The van der Waals surface area contributed by atoms with Gasteiger partial charge in [-0.05, 0) is 37.1 Å². The summed E-state index contributed by atoms with van der Waals surface area (Å²) >= 11 is 0. The zero-order valence-corrected chi connectivity index (χ0v) is 14.6. The highest BCUT2D eigenvalue weighted by atomic mass is 32.2. The Balaban J connectivity index is 2.19. The molecule has 140 valence electrons. The van der Waals surface area contributed by atoms with Crippen molar-refractivity contribution in [3.63, 3.8) is 0 Å². The van der Waals surface area contributed by atoms with Gasteiger partial charge in [0.25, 0.3) is 5.91 Å². The van der Waals surface area contributed by atoms with Crippen molar-refractivity contribution in [3.05, 3.63) is 35.4 Å². The van der Waals surface area contributed by atoms with Gasteiger partial charge in [0.1, 0.15) is 0 Å². The van der Waals surface area contributed by atoms with Gasteiger partial charge in [0.05, 0.1) is 17.1 Å². The van der Waals surface area contributed by atoms with E-state index in [2.05, 4.69) is 0 Å². The van der Waals surface area contributed by atoms with Crippen LogP contribution in [0.15, 0.2) is 24.3 Å². The van der Waals surface area contributed by atoms with Crippen LogP contribution >= 0.6 is 0 Å². The van der Waals surface area contributed by atoms with Gasteiger partial charge in [-0.15, -0.1) is 0 Å². The molecule has 0 aliphatic carbocycles. The Morgan fingerprint density at radius 1 is 1.28 bits per heavy atom. The minimum Gasteiger partial charge on any atom is -0.385 e. The molecule has 1 unspecified atom stereocenters. The Morgan fingerprint density at radius 3 is 2.40 bits per heavy atom. The molecule has 0 spiro atoms. The molecule has 2 rings (SSSR count). The fourth-order valence-corrected chi connectivity index (χ4v) is 4.55. The number of hydrogen-bond acceptors (Lipinski definition) is 4. The van der Waals surface area contributed by atoms with Gasteiger partial charge < -0.3 is 9.64 Å². The van der Waals surface area contributed by atoms with Crippen molar-refractivity contribution < 1.29 is 31.1 Å². The lowest BCUT2D eigenvalue weighted by Gasteiger charge is -2.28. The molecule has 0 aromatic heterocycles. The first-order valence-electron chi connectivity index (χ1n) is 7.81. The fraction of sp³-hybridized carbons (Fsp3) is 0.562. The summed E-state index contributed by atoms with van der Waals surface area (Å²) < 4.78 is 66.3. The van der Waals surface area contributed by atoms with Crippen LogP contribution in [0.5, 0.6) is 0 Å². The Bertz CT molecular complexity index is 701. The molecule has 0 bridgehead atoms. The number of halogens is 3. The lowest BCUT2D eigenvalue weighted by atomic mass is 10.1. The van der Waals surface area contributed by atoms with E-state index in [1.807, 2.05) is 0 Å². The topological polar surface area (TPSA) is 63.7 Å². The SMILES string of the molecule is COCCCN(C(=O)c1ccc(C(F)(F)F)cc1)C1CCS(=O)(=O)C1. The number of ether oxygens (including phenoxy) is 1. The van der Waals surface area contributed by atoms with E-state index in [0.717, 1.165) is 24.3 Å². The van der Waals surface area contributed by atoms with Gasteiger partial charge in [-0.3, -0.25) is 4.79 Å². The number of alkyl halides is 3. The summed E-state index contributed by atoms with van der Waals surface area (Å²) in [5.74, 6) is -0.572. The number of carbonyl (C=O) groups is 1. The highest BCUT2D eigenvalue weighted by molar-refractivity contribution is 7.91. The average molecular weight is 379 g/mol. The van der Waals surface area contributed by atoms with Crippen LogP contribution in [0.4, 0.5) is 13.2 Å². The highest BCUT2D eigenvalue weighted by Gasteiger charge is 2.35. The summed E-state index contributed by atoms with van der Waals surface area (Å²) in [5, 5.41) is 0. The quantitative estimate of drug-likeness (QED) is 0.712. The van der Waals surface area contributed by atoms with Crippen molar-refractivity contribution in [1.82, 2.24) is 4.90 Å². The molecule has 0 radical (unpaired) electrons. The number of benzene rings is 1. The van der Waals surface area contributed by atoms with E-state index < -0.39 is 33.5 Å². The molecule has 25 heavy (non-hydrogen) atoms. The maximum absolute atomic E-state index is 12.7. The number of sulfone groups is 1. The molecule has 9 heteroatoms. The summed E-state index contributed by atoms with van der Waals surface area (Å²) in [6, 6.07) is 3.49. The first-order valence-corrected chi connectivity index (χ1v) is 9.64. The van der Waals surface area contributed by atoms with Gasteiger partial charge in [-0.1, -0.05) is 0 Å². The van der Waals surface area contributed by atoms with Gasteiger partial charge in [0.15, 0.2) is 9.84 Å². The normalized spacial score (nSPS) is 19.8. The van der Waals surface area contributed by atoms with Gasteiger partial charge in [-0.2, -0.15) is 13.2 Å². The summed E-state index contributed by atoms with van der Waals surface area (Å²) in [6.45, 7) is 0.685. The van der Waals surface area contributed by atoms with Gasteiger partial charge in [0, 0.05) is 31.9 Å². The molecule has 1 amide bonds. The second-order valence-electron chi connectivity index (χ2n) is 5.98. The second-order valence-corrected chi connectivity index (χ2v) is 8.21. The Kier molecular flexibility index (Phi) is 6.10. The minimum atomic E-state index is -4.47. The van der Waals surface area contributed by atoms with Gasteiger partial charge >= 0.3 is 6.18 Å². The predicted octanol–water partition coefficient (Wildman–Crippen LogP) is 2.37. The van der Waals surface area contributed by atoms with E-state index in [1.165, 1.54) is 12.0 Å². The third-order valence-corrected chi connectivity index (χ3v) is 5.87. The molecule has 1 aromatic rings. The summed E-state index contributed by atoms with van der Waals surface area (Å²) in [4.78, 5) is 14.1. The monoisotopic (exact) mass is 379 g/mol. The zero-order chi connectivity index (χ0) is 18.7. The van der Waals surface area contributed by atoms with Crippen LogP contribution in [0.25, 0.3) is 0 Å². The molecule has 1 aromatic carbocycles. The molecule has 0 saturated carbocycles. The number of rotatable bonds is 6. The van der Waals surface area contributed by atoms with E-state index >= 15 is 0 Å².